The van der Waals surface area contributed by atoms with Crippen molar-refractivity contribution in [2.45, 2.75) is 39.7 Å². The van der Waals surface area contributed by atoms with E-state index in [1.807, 2.05) is 45.0 Å². The molecule has 1 aromatic carbocycles. The lowest BCUT2D eigenvalue weighted by molar-refractivity contribution is -0.124. The fourth-order valence-electron chi connectivity index (χ4n) is 2.21. The molecule has 1 aliphatic carbocycles. The maximum absolute atomic E-state index is 12.3. The van der Waals surface area contributed by atoms with Crippen molar-refractivity contribution in [3.63, 3.8) is 0 Å². The van der Waals surface area contributed by atoms with Crippen LogP contribution in [0.15, 0.2) is 35.6 Å². The van der Waals surface area contributed by atoms with Gasteiger partial charge in [-0.25, -0.2) is 0 Å². The molecule has 0 aromatic heterocycles. The van der Waals surface area contributed by atoms with Gasteiger partial charge in [0.05, 0.1) is 6.10 Å². The predicted molar refractivity (Wildman–Crippen MR) is 72.9 cm³/mol. The summed E-state index contributed by atoms with van der Waals surface area (Å²) in [6.07, 6.45) is -0.113. The van der Waals surface area contributed by atoms with Crippen LogP contribution in [0.4, 0.5) is 0 Å². The van der Waals surface area contributed by atoms with Crippen LogP contribution in [0.1, 0.15) is 37.8 Å². The van der Waals surface area contributed by atoms with Crippen LogP contribution in [-0.4, -0.2) is 17.7 Å². The van der Waals surface area contributed by atoms with Crippen LogP contribution in [0.2, 0.25) is 0 Å². The van der Waals surface area contributed by atoms with Crippen molar-refractivity contribution < 1.29 is 14.3 Å². The number of ketones is 2. The summed E-state index contributed by atoms with van der Waals surface area (Å²) in [5, 5.41) is 0. The minimum absolute atomic E-state index is 0.113. The number of carbonyl (C=O) groups excluding carboxylic acids is 2. The Balaban J connectivity index is 2.34. The summed E-state index contributed by atoms with van der Waals surface area (Å²) < 4.78 is 5.49. The van der Waals surface area contributed by atoms with Gasteiger partial charge in [-0.15, -0.1) is 0 Å². The van der Waals surface area contributed by atoms with Gasteiger partial charge in [0.2, 0.25) is 5.78 Å². The second-order valence-electron chi connectivity index (χ2n) is 5.19. The summed E-state index contributed by atoms with van der Waals surface area (Å²) in [4.78, 5) is 24.6. The summed E-state index contributed by atoms with van der Waals surface area (Å²) in [6, 6.07) is 7.49. The van der Waals surface area contributed by atoms with Crippen molar-refractivity contribution in [1.29, 1.82) is 0 Å². The number of hydrogen-bond donors (Lipinski definition) is 0. The molecule has 0 N–H and O–H groups in total. The minimum atomic E-state index is -0.727. The van der Waals surface area contributed by atoms with Crippen LogP contribution >= 0.6 is 0 Å². The van der Waals surface area contributed by atoms with E-state index in [1.54, 1.807) is 6.92 Å². The standard InChI is InChI=1S/C16H18O3/c1-9(2)19-16-11(4)14(17)13(15(16)18)12-7-5-10(3)6-8-12/h5-9,13H,1-4H3. The van der Waals surface area contributed by atoms with E-state index in [1.165, 1.54) is 0 Å². The molecule has 1 aromatic rings. The molecule has 0 saturated carbocycles. The Labute approximate surface area is 113 Å². The van der Waals surface area contributed by atoms with Crippen LogP contribution in [0.25, 0.3) is 0 Å². The van der Waals surface area contributed by atoms with Crippen molar-refractivity contribution in [2.24, 2.45) is 0 Å². The van der Waals surface area contributed by atoms with Crippen molar-refractivity contribution in [2.75, 3.05) is 0 Å². The molecule has 3 nitrogen and oxygen atoms in total. The van der Waals surface area contributed by atoms with E-state index in [-0.39, 0.29) is 23.4 Å². The molecule has 1 unspecified atom stereocenters. The van der Waals surface area contributed by atoms with Crippen LogP contribution in [-0.2, 0) is 14.3 Å². The van der Waals surface area contributed by atoms with Gasteiger partial charge in [0.15, 0.2) is 11.5 Å². The Morgan fingerprint density at radius 2 is 1.58 bits per heavy atom. The predicted octanol–water partition coefficient (Wildman–Crippen LogP) is 2.93. The fourth-order valence-corrected chi connectivity index (χ4v) is 2.21. The molecular formula is C16H18O3. The number of hydrogen-bond acceptors (Lipinski definition) is 3. The summed E-state index contributed by atoms with van der Waals surface area (Å²) in [6.45, 7) is 7.32. The lowest BCUT2D eigenvalue weighted by Gasteiger charge is -2.12. The number of allylic oxidation sites excluding steroid dienone is 2. The molecule has 100 valence electrons. The number of aryl methyl sites for hydroxylation is 1. The first kappa shape index (κ1) is 13.5. The quantitative estimate of drug-likeness (QED) is 0.783. The zero-order valence-corrected chi connectivity index (χ0v) is 11.7. The third-order valence-corrected chi connectivity index (χ3v) is 3.22. The molecule has 3 heteroatoms. The van der Waals surface area contributed by atoms with Gasteiger partial charge in [0.1, 0.15) is 5.92 Å². The summed E-state index contributed by atoms with van der Waals surface area (Å²) in [5.74, 6) is -0.871. The number of carbonyl (C=O) groups is 2. The Kier molecular flexibility index (Phi) is 3.56. The van der Waals surface area contributed by atoms with Gasteiger partial charge in [-0.05, 0) is 33.3 Å². The largest absolute Gasteiger partial charge is 0.487 e. The Morgan fingerprint density at radius 1 is 1.00 bits per heavy atom. The van der Waals surface area contributed by atoms with E-state index >= 15 is 0 Å². The number of benzene rings is 1. The molecule has 0 aliphatic heterocycles. The van der Waals surface area contributed by atoms with E-state index in [0.717, 1.165) is 11.1 Å². The molecule has 0 fully saturated rings. The molecule has 0 heterocycles. The van der Waals surface area contributed by atoms with E-state index in [2.05, 4.69) is 0 Å². The molecule has 0 bridgehead atoms. The molecule has 2 rings (SSSR count). The van der Waals surface area contributed by atoms with Crippen LogP contribution in [0.3, 0.4) is 0 Å². The third kappa shape index (κ3) is 2.46. The van der Waals surface area contributed by atoms with Gasteiger partial charge in [0, 0.05) is 5.57 Å². The second-order valence-corrected chi connectivity index (χ2v) is 5.19. The third-order valence-electron chi connectivity index (χ3n) is 3.22. The lowest BCUT2D eigenvalue weighted by atomic mass is 9.93. The molecule has 0 amide bonds. The molecule has 0 radical (unpaired) electrons. The van der Waals surface area contributed by atoms with Gasteiger partial charge >= 0.3 is 0 Å². The fraction of sp³-hybridized carbons (Fsp3) is 0.375. The van der Waals surface area contributed by atoms with Crippen molar-refractivity contribution in [3.8, 4) is 0 Å². The normalized spacial score (nSPS) is 19.5. The zero-order chi connectivity index (χ0) is 14.2. The molecular weight excluding hydrogens is 240 g/mol. The molecule has 0 spiro atoms. The van der Waals surface area contributed by atoms with Crippen molar-refractivity contribution >= 4 is 11.6 Å². The van der Waals surface area contributed by atoms with E-state index < -0.39 is 5.92 Å². The van der Waals surface area contributed by atoms with Crippen molar-refractivity contribution in [1.82, 2.24) is 0 Å². The average molecular weight is 258 g/mol. The number of Topliss-reactive ketones (excluding diaryl/α,β-unsaturated/α-hetero) is 2. The smallest absolute Gasteiger partial charge is 0.212 e. The molecule has 0 saturated heterocycles. The van der Waals surface area contributed by atoms with Crippen molar-refractivity contribution in [3.05, 3.63) is 46.7 Å². The Bertz CT molecular complexity index is 550. The highest BCUT2D eigenvalue weighted by atomic mass is 16.5. The zero-order valence-electron chi connectivity index (χ0n) is 11.7. The first-order valence-corrected chi connectivity index (χ1v) is 6.44. The maximum Gasteiger partial charge on any atom is 0.212 e. The molecule has 1 atom stereocenters. The van der Waals surface area contributed by atoms with Gasteiger partial charge in [0.25, 0.3) is 0 Å². The van der Waals surface area contributed by atoms with Gasteiger partial charge < -0.3 is 4.74 Å². The summed E-state index contributed by atoms with van der Waals surface area (Å²) in [5.41, 5.74) is 2.27. The first-order valence-electron chi connectivity index (χ1n) is 6.44. The topological polar surface area (TPSA) is 43.4 Å². The minimum Gasteiger partial charge on any atom is -0.487 e. The SMILES string of the molecule is CC1=C(OC(C)C)C(=O)C(c2ccc(C)cc2)C1=O. The Morgan fingerprint density at radius 3 is 2.11 bits per heavy atom. The lowest BCUT2D eigenvalue weighted by Crippen LogP contribution is -2.17. The maximum atomic E-state index is 12.3. The number of rotatable bonds is 3. The summed E-state index contributed by atoms with van der Waals surface area (Å²) >= 11 is 0. The van der Waals surface area contributed by atoms with Crippen LogP contribution in [0.5, 0.6) is 0 Å². The second kappa shape index (κ2) is 5.00. The summed E-state index contributed by atoms with van der Waals surface area (Å²) in [7, 11) is 0. The molecule has 1 aliphatic rings. The van der Waals surface area contributed by atoms with Crippen LogP contribution in [0, 0.1) is 6.92 Å². The highest BCUT2D eigenvalue weighted by Crippen LogP contribution is 2.33. The van der Waals surface area contributed by atoms with Gasteiger partial charge in [-0.3, -0.25) is 9.59 Å². The number of ether oxygens (including phenoxy) is 1. The van der Waals surface area contributed by atoms with E-state index in [0.29, 0.717) is 5.57 Å². The monoisotopic (exact) mass is 258 g/mol. The Hall–Kier alpha value is -1.90. The highest BCUT2D eigenvalue weighted by Gasteiger charge is 2.41. The first-order chi connectivity index (χ1) is 8.91. The van der Waals surface area contributed by atoms with Gasteiger partial charge in [-0.2, -0.15) is 0 Å². The van der Waals surface area contributed by atoms with E-state index in [4.69, 9.17) is 4.74 Å². The average Bonchev–Trinajstić information content (AvgIpc) is 2.55. The molecule has 19 heavy (non-hydrogen) atoms. The van der Waals surface area contributed by atoms with E-state index in [9.17, 15) is 9.59 Å². The highest BCUT2D eigenvalue weighted by molar-refractivity contribution is 6.26. The van der Waals surface area contributed by atoms with Crippen LogP contribution < -0.4 is 0 Å². The van der Waals surface area contributed by atoms with Gasteiger partial charge in [-0.1, -0.05) is 29.8 Å².